The Bertz CT molecular complexity index is 765. The maximum absolute atomic E-state index is 12.5. The first-order valence-electron chi connectivity index (χ1n) is 10.6. The largest absolute Gasteiger partial charge is 0.376 e. The normalized spacial score (nSPS) is 20.1. The molecule has 7 nitrogen and oxygen atoms in total. The molecule has 0 radical (unpaired) electrons. The van der Waals surface area contributed by atoms with Gasteiger partial charge in [-0.3, -0.25) is 4.68 Å². The van der Waals surface area contributed by atoms with Crippen LogP contribution >= 0.6 is 0 Å². The van der Waals surface area contributed by atoms with Crippen molar-refractivity contribution in [2.75, 3.05) is 26.3 Å². The van der Waals surface area contributed by atoms with Crippen LogP contribution in [0.1, 0.15) is 36.8 Å². The van der Waals surface area contributed by atoms with Gasteiger partial charge >= 0.3 is 6.03 Å². The SMILES string of the molecule is O=C(NCc1cnn(Cc2ccccc2)c1)N1CCC(OCC2CCCO2)CC1. The molecule has 4 rings (SSSR count). The van der Waals surface area contributed by atoms with Crippen LogP contribution in [0.2, 0.25) is 0 Å². The van der Waals surface area contributed by atoms with Crippen LogP contribution in [-0.4, -0.2) is 59.2 Å². The molecular weight excluding hydrogens is 368 g/mol. The van der Waals surface area contributed by atoms with Gasteiger partial charge in [-0.25, -0.2) is 4.79 Å². The van der Waals surface area contributed by atoms with Crippen molar-refractivity contribution < 1.29 is 14.3 Å². The van der Waals surface area contributed by atoms with Crippen LogP contribution < -0.4 is 5.32 Å². The van der Waals surface area contributed by atoms with Gasteiger partial charge in [0.2, 0.25) is 0 Å². The number of carbonyl (C=O) groups excluding carboxylic acids is 1. The first-order chi connectivity index (χ1) is 14.3. The second-order valence-electron chi connectivity index (χ2n) is 7.85. The summed E-state index contributed by atoms with van der Waals surface area (Å²) in [5.74, 6) is 0. The van der Waals surface area contributed by atoms with E-state index in [1.807, 2.05) is 40.2 Å². The number of ether oxygens (including phenoxy) is 2. The molecule has 1 N–H and O–H groups in total. The molecule has 2 saturated heterocycles. The highest BCUT2D eigenvalue weighted by Crippen LogP contribution is 2.17. The maximum Gasteiger partial charge on any atom is 0.317 e. The van der Waals surface area contributed by atoms with Crippen molar-refractivity contribution in [1.82, 2.24) is 20.0 Å². The standard InChI is InChI=1S/C22H30N4O3/c27-22(25-10-8-20(9-11-25)29-17-21-7-4-12-28-21)23-13-19-14-24-26(16-19)15-18-5-2-1-3-6-18/h1-3,5-6,14,16,20-21H,4,7-13,15,17H2,(H,23,27). The Morgan fingerprint density at radius 3 is 2.76 bits per heavy atom. The summed E-state index contributed by atoms with van der Waals surface area (Å²) >= 11 is 0. The number of benzene rings is 1. The van der Waals surface area contributed by atoms with Crippen LogP contribution in [0, 0.1) is 0 Å². The Morgan fingerprint density at radius 1 is 1.17 bits per heavy atom. The fourth-order valence-electron chi connectivity index (χ4n) is 3.89. The third-order valence-corrected chi connectivity index (χ3v) is 5.59. The lowest BCUT2D eigenvalue weighted by atomic mass is 10.1. The minimum absolute atomic E-state index is 0.0154. The van der Waals surface area contributed by atoms with Crippen molar-refractivity contribution in [2.24, 2.45) is 0 Å². The predicted molar refractivity (Wildman–Crippen MR) is 110 cm³/mol. The molecule has 0 bridgehead atoms. The summed E-state index contributed by atoms with van der Waals surface area (Å²) in [6.07, 6.45) is 8.30. The van der Waals surface area contributed by atoms with E-state index >= 15 is 0 Å². The van der Waals surface area contributed by atoms with E-state index in [4.69, 9.17) is 9.47 Å². The lowest BCUT2D eigenvalue weighted by Crippen LogP contribution is -2.46. The maximum atomic E-state index is 12.5. The lowest BCUT2D eigenvalue weighted by molar-refractivity contribution is -0.0381. The molecular formula is C22H30N4O3. The van der Waals surface area contributed by atoms with Crippen LogP contribution in [-0.2, 0) is 22.6 Å². The fraction of sp³-hybridized carbons (Fsp3) is 0.545. The summed E-state index contributed by atoms with van der Waals surface area (Å²) in [5, 5.41) is 7.40. The number of rotatable bonds is 7. The highest BCUT2D eigenvalue weighted by Gasteiger charge is 2.25. The summed E-state index contributed by atoms with van der Waals surface area (Å²) in [5.41, 5.74) is 2.21. The minimum atomic E-state index is -0.0154. The van der Waals surface area contributed by atoms with E-state index < -0.39 is 0 Å². The Morgan fingerprint density at radius 2 is 2.00 bits per heavy atom. The third kappa shape index (κ3) is 5.81. The number of likely N-dealkylation sites (tertiary alicyclic amines) is 1. The third-order valence-electron chi connectivity index (χ3n) is 5.59. The first kappa shape index (κ1) is 19.9. The Balaban J connectivity index is 1.16. The van der Waals surface area contributed by atoms with Gasteiger partial charge in [-0.1, -0.05) is 30.3 Å². The van der Waals surface area contributed by atoms with Crippen LogP contribution in [0.4, 0.5) is 4.79 Å². The number of nitrogens with one attached hydrogen (secondary N) is 1. The monoisotopic (exact) mass is 398 g/mol. The fourth-order valence-corrected chi connectivity index (χ4v) is 3.89. The topological polar surface area (TPSA) is 68.6 Å². The Hall–Kier alpha value is -2.38. The molecule has 2 aromatic rings. The summed E-state index contributed by atoms with van der Waals surface area (Å²) in [6, 6.07) is 10.2. The van der Waals surface area contributed by atoms with Crippen molar-refractivity contribution in [3.05, 3.63) is 53.9 Å². The van der Waals surface area contributed by atoms with Gasteiger partial charge in [-0.2, -0.15) is 5.10 Å². The van der Waals surface area contributed by atoms with Crippen molar-refractivity contribution >= 4 is 6.03 Å². The second kappa shape index (κ2) is 9.89. The van der Waals surface area contributed by atoms with Gasteiger partial charge < -0.3 is 19.7 Å². The summed E-state index contributed by atoms with van der Waals surface area (Å²) in [7, 11) is 0. The van der Waals surface area contributed by atoms with E-state index in [0.29, 0.717) is 13.2 Å². The van der Waals surface area contributed by atoms with Crippen LogP contribution in [0.3, 0.4) is 0 Å². The quantitative estimate of drug-likeness (QED) is 0.779. The number of urea groups is 1. The molecule has 2 aliphatic rings. The molecule has 7 heteroatoms. The molecule has 3 heterocycles. The number of amides is 2. The predicted octanol–water partition coefficient (Wildman–Crippen LogP) is 2.80. The van der Waals surface area contributed by atoms with E-state index in [-0.39, 0.29) is 18.2 Å². The zero-order chi connectivity index (χ0) is 19.9. The van der Waals surface area contributed by atoms with Crippen molar-refractivity contribution in [2.45, 2.75) is 51.0 Å². The number of piperidine rings is 1. The number of carbonyl (C=O) groups is 1. The molecule has 2 fully saturated rings. The molecule has 2 amide bonds. The highest BCUT2D eigenvalue weighted by molar-refractivity contribution is 5.74. The van der Waals surface area contributed by atoms with Gasteiger partial charge in [0.05, 0.1) is 31.6 Å². The number of hydrogen-bond donors (Lipinski definition) is 1. The Kier molecular flexibility index (Phi) is 6.79. The molecule has 156 valence electrons. The average Bonchev–Trinajstić information content (AvgIpc) is 3.44. The van der Waals surface area contributed by atoms with Gasteiger partial charge in [-0.15, -0.1) is 0 Å². The molecule has 1 atom stereocenters. The van der Waals surface area contributed by atoms with Gasteiger partial charge in [0.1, 0.15) is 0 Å². The summed E-state index contributed by atoms with van der Waals surface area (Å²) in [4.78, 5) is 14.3. The number of nitrogens with zero attached hydrogens (tertiary/aromatic N) is 3. The van der Waals surface area contributed by atoms with Crippen LogP contribution in [0.15, 0.2) is 42.7 Å². The van der Waals surface area contributed by atoms with E-state index in [0.717, 1.165) is 57.5 Å². The van der Waals surface area contributed by atoms with E-state index in [9.17, 15) is 4.79 Å². The smallest absolute Gasteiger partial charge is 0.317 e. The number of hydrogen-bond acceptors (Lipinski definition) is 4. The van der Waals surface area contributed by atoms with Crippen molar-refractivity contribution in [3.8, 4) is 0 Å². The molecule has 1 aromatic carbocycles. The van der Waals surface area contributed by atoms with Crippen LogP contribution in [0.5, 0.6) is 0 Å². The molecule has 0 aliphatic carbocycles. The van der Waals surface area contributed by atoms with Gasteiger partial charge in [-0.05, 0) is 31.2 Å². The molecule has 1 unspecified atom stereocenters. The zero-order valence-corrected chi connectivity index (χ0v) is 16.8. The molecule has 1 aromatic heterocycles. The highest BCUT2D eigenvalue weighted by atomic mass is 16.5. The molecule has 2 aliphatic heterocycles. The lowest BCUT2D eigenvalue weighted by Gasteiger charge is -2.32. The molecule has 0 saturated carbocycles. The average molecular weight is 399 g/mol. The van der Waals surface area contributed by atoms with Crippen LogP contribution in [0.25, 0.3) is 0 Å². The summed E-state index contributed by atoms with van der Waals surface area (Å²) in [6.45, 7) is 4.23. The number of aromatic nitrogens is 2. The second-order valence-corrected chi connectivity index (χ2v) is 7.85. The first-order valence-corrected chi connectivity index (χ1v) is 10.6. The zero-order valence-electron chi connectivity index (χ0n) is 16.8. The Labute approximate surface area is 172 Å². The van der Waals surface area contributed by atoms with Crippen molar-refractivity contribution in [1.29, 1.82) is 0 Å². The van der Waals surface area contributed by atoms with Gasteiger partial charge in [0, 0.05) is 38.0 Å². The molecule has 29 heavy (non-hydrogen) atoms. The van der Waals surface area contributed by atoms with E-state index in [2.05, 4.69) is 22.5 Å². The van der Waals surface area contributed by atoms with Crippen molar-refractivity contribution in [3.63, 3.8) is 0 Å². The van der Waals surface area contributed by atoms with Gasteiger partial charge in [0.15, 0.2) is 0 Å². The summed E-state index contributed by atoms with van der Waals surface area (Å²) < 4.78 is 13.5. The minimum Gasteiger partial charge on any atom is -0.376 e. The van der Waals surface area contributed by atoms with E-state index in [1.54, 1.807) is 0 Å². The van der Waals surface area contributed by atoms with E-state index in [1.165, 1.54) is 5.56 Å². The van der Waals surface area contributed by atoms with Gasteiger partial charge in [0.25, 0.3) is 0 Å². The molecule has 0 spiro atoms.